The van der Waals surface area contributed by atoms with Crippen LogP contribution in [0.25, 0.3) is 0 Å². The van der Waals surface area contributed by atoms with Gasteiger partial charge in [0.15, 0.2) is 0 Å². The Morgan fingerprint density at radius 2 is 1.68 bits per heavy atom. The van der Waals surface area contributed by atoms with E-state index in [4.69, 9.17) is 14.2 Å². The molecule has 0 bridgehead atoms. The third kappa shape index (κ3) is 2.77. The maximum absolute atomic E-state index is 12.6. The molecule has 2 aliphatic rings. The summed E-state index contributed by atoms with van der Waals surface area (Å²) in [6.45, 7) is 0. The third-order valence-corrected chi connectivity index (χ3v) is 4.26. The van der Waals surface area contributed by atoms with Crippen molar-refractivity contribution in [3.63, 3.8) is 0 Å². The summed E-state index contributed by atoms with van der Waals surface area (Å²) in [4.78, 5) is 36.7. The Kier molecular flexibility index (Phi) is 5.00. The summed E-state index contributed by atoms with van der Waals surface area (Å²) in [5.74, 6) is -2.06. The van der Waals surface area contributed by atoms with Crippen molar-refractivity contribution in [1.82, 2.24) is 0 Å². The molecule has 0 spiro atoms. The number of esters is 1. The molecule has 2 unspecified atom stereocenters. The number of carbonyl (C=O) groups is 3. The van der Waals surface area contributed by atoms with E-state index in [1.165, 1.54) is 27.4 Å². The standard InChI is InChI=1S/C16H20O6/c1-20-14-12(17)8-11(13(18)15(14)21-2)9-6-4-5-7-10(9)16(19)22-3/h8-10H,4-7H2,1-3H3. The Labute approximate surface area is 129 Å². The van der Waals surface area contributed by atoms with Gasteiger partial charge in [0, 0.05) is 11.5 Å². The van der Waals surface area contributed by atoms with Crippen LogP contribution in [0.1, 0.15) is 25.7 Å². The second-order valence-corrected chi connectivity index (χ2v) is 5.38. The van der Waals surface area contributed by atoms with E-state index in [1.807, 2.05) is 0 Å². The number of hydrogen-bond donors (Lipinski definition) is 0. The highest BCUT2D eigenvalue weighted by molar-refractivity contribution is 6.21. The van der Waals surface area contributed by atoms with E-state index in [0.717, 1.165) is 12.8 Å². The molecule has 22 heavy (non-hydrogen) atoms. The minimum atomic E-state index is -0.414. The van der Waals surface area contributed by atoms with E-state index in [2.05, 4.69) is 0 Å². The normalized spacial score (nSPS) is 25.7. The van der Waals surface area contributed by atoms with Gasteiger partial charge in [0.25, 0.3) is 0 Å². The fourth-order valence-electron chi connectivity index (χ4n) is 3.21. The monoisotopic (exact) mass is 308 g/mol. The highest BCUT2D eigenvalue weighted by Gasteiger charge is 2.41. The van der Waals surface area contributed by atoms with Gasteiger partial charge in [0.1, 0.15) is 0 Å². The van der Waals surface area contributed by atoms with Crippen LogP contribution in [0.15, 0.2) is 23.2 Å². The van der Waals surface area contributed by atoms with Crippen molar-refractivity contribution >= 4 is 17.5 Å². The molecule has 1 fully saturated rings. The Hall–Kier alpha value is -2.11. The lowest BCUT2D eigenvalue weighted by atomic mass is 9.72. The number of ether oxygens (including phenoxy) is 3. The zero-order valence-corrected chi connectivity index (χ0v) is 13.0. The van der Waals surface area contributed by atoms with E-state index in [9.17, 15) is 14.4 Å². The maximum atomic E-state index is 12.6. The lowest BCUT2D eigenvalue weighted by Crippen LogP contribution is -2.34. The molecule has 2 aliphatic carbocycles. The third-order valence-electron chi connectivity index (χ3n) is 4.26. The summed E-state index contributed by atoms with van der Waals surface area (Å²) >= 11 is 0. The number of rotatable bonds is 4. The van der Waals surface area contributed by atoms with Crippen LogP contribution >= 0.6 is 0 Å². The first-order valence-corrected chi connectivity index (χ1v) is 7.25. The quantitative estimate of drug-likeness (QED) is 0.579. The predicted octanol–water partition coefficient (Wildman–Crippen LogP) is 1.55. The van der Waals surface area contributed by atoms with Crippen LogP contribution in [0.5, 0.6) is 0 Å². The van der Waals surface area contributed by atoms with Crippen LogP contribution < -0.4 is 0 Å². The lowest BCUT2D eigenvalue weighted by Gasteiger charge is -2.32. The molecule has 2 atom stereocenters. The first-order chi connectivity index (χ1) is 10.5. The number of hydrogen-bond acceptors (Lipinski definition) is 6. The SMILES string of the molecule is COC(=O)C1CCCCC1C1=CC(=O)C(OC)=C(OC)C1=O. The van der Waals surface area contributed by atoms with Gasteiger partial charge < -0.3 is 14.2 Å². The van der Waals surface area contributed by atoms with Crippen LogP contribution in [-0.2, 0) is 28.6 Å². The van der Waals surface area contributed by atoms with Crippen molar-refractivity contribution in [3.8, 4) is 0 Å². The molecular formula is C16H20O6. The molecule has 0 amide bonds. The lowest BCUT2D eigenvalue weighted by molar-refractivity contribution is -0.148. The first-order valence-electron chi connectivity index (χ1n) is 7.25. The molecule has 0 N–H and O–H groups in total. The van der Waals surface area contributed by atoms with Crippen LogP contribution in [-0.4, -0.2) is 38.9 Å². The van der Waals surface area contributed by atoms with Crippen molar-refractivity contribution in [1.29, 1.82) is 0 Å². The average molecular weight is 308 g/mol. The molecule has 0 radical (unpaired) electrons. The molecule has 0 aliphatic heterocycles. The Bertz CT molecular complexity index is 557. The van der Waals surface area contributed by atoms with Gasteiger partial charge in [-0.2, -0.15) is 0 Å². The summed E-state index contributed by atoms with van der Waals surface area (Å²) < 4.78 is 14.8. The average Bonchev–Trinajstić information content (AvgIpc) is 2.55. The molecule has 0 aromatic rings. The smallest absolute Gasteiger partial charge is 0.309 e. The second-order valence-electron chi connectivity index (χ2n) is 5.38. The number of ketones is 2. The highest BCUT2D eigenvalue weighted by atomic mass is 16.5. The molecular weight excluding hydrogens is 288 g/mol. The van der Waals surface area contributed by atoms with Crippen molar-refractivity contribution in [2.45, 2.75) is 25.7 Å². The molecule has 120 valence electrons. The molecule has 1 saturated carbocycles. The molecule has 6 nitrogen and oxygen atoms in total. The van der Waals surface area contributed by atoms with Crippen molar-refractivity contribution in [2.24, 2.45) is 11.8 Å². The van der Waals surface area contributed by atoms with E-state index in [-0.39, 0.29) is 29.2 Å². The summed E-state index contributed by atoms with van der Waals surface area (Å²) in [5.41, 5.74) is 0.317. The van der Waals surface area contributed by atoms with Crippen LogP contribution in [0.3, 0.4) is 0 Å². The van der Waals surface area contributed by atoms with E-state index >= 15 is 0 Å². The summed E-state index contributed by atoms with van der Waals surface area (Å²) in [6.07, 6.45) is 4.40. The minimum Gasteiger partial charge on any atom is -0.490 e. The van der Waals surface area contributed by atoms with Gasteiger partial charge in [0.05, 0.1) is 27.2 Å². The van der Waals surface area contributed by atoms with Crippen LogP contribution in [0.2, 0.25) is 0 Å². The maximum Gasteiger partial charge on any atom is 0.309 e. The zero-order chi connectivity index (χ0) is 16.3. The minimum absolute atomic E-state index is 0.0957. The fourth-order valence-corrected chi connectivity index (χ4v) is 3.21. The van der Waals surface area contributed by atoms with Gasteiger partial charge in [0.2, 0.25) is 23.1 Å². The van der Waals surface area contributed by atoms with Crippen molar-refractivity contribution < 1.29 is 28.6 Å². The predicted molar refractivity (Wildman–Crippen MR) is 76.6 cm³/mol. The summed E-state index contributed by atoms with van der Waals surface area (Å²) in [5, 5.41) is 0. The zero-order valence-electron chi connectivity index (χ0n) is 13.0. The van der Waals surface area contributed by atoms with Gasteiger partial charge in [-0.05, 0) is 18.9 Å². The van der Waals surface area contributed by atoms with Gasteiger partial charge in [-0.1, -0.05) is 12.8 Å². The summed E-state index contributed by atoms with van der Waals surface area (Å²) in [7, 11) is 3.97. The second kappa shape index (κ2) is 6.77. The largest absolute Gasteiger partial charge is 0.490 e. The Morgan fingerprint density at radius 1 is 1.05 bits per heavy atom. The molecule has 6 heteroatoms. The first kappa shape index (κ1) is 16.3. The molecule has 2 rings (SSSR count). The van der Waals surface area contributed by atoms with Crippen LogP contribution in [0, 0.1) is 11.8 Å². The van der Waals surface area contributed by atoms with Crippen molar-refractivity contribution in [3.05, 3.63) is 23.2 Å². The van der Waals surface area contributed by atoms with Crippen LogP contribution in [0.4, 0.5) is 0 Å². The van der Waals surface area contributed by atoms with E-state index in [1.54, 1.807) is 0 Å². The van der Waals surface area contributed by atoms with E-state index in [0.29, 0.717) is 18.4 Å². The Morgan fingerprint density at radius 3 is 2.27 bits per heavy atom. The van der Waals surface area contributed by atoms with Gasteiger partial charge >= 0.3 is 5.97 Å². The van der Waals surface area contributed by atoms with Gasteiger partial charge in [-0.25, -0.2) is 0 Å². The van der Waals surface area contributed by atoms with Gasteiger partial charge in [-0.15, -0.1) is 0 Å². The molecule has 0 aromatic carbocycles. The fraction of sp³-hybridized carbons (Fsp3) is 0.562. The van der Waals surface area contributed by atoms with Crippen molar-refractivity contribution in [2.75, 3.05) is 21.3 Å². The molecule has 0 heterocycles. The number of Topliss-reactive ketones (excluding diaryl/α,β-unsaturated/α-hetero) is 1. The number of methoxy groups -OCH3 is 3. The topological polar surface area (TPSA) is 78.9 Å². The number of allylic oxidation sites excluding steroid dienone is 2. The Balaban J connectivity index is 2.37. The molecule has 0 saturated heterocycles. The summed E-state index contributed by atoms with van der Waals surface area (Å²) in [6, 6.07) is 0. The number of carbonyl (C=O) groups excluding carboxylic acids is 3. The van der Waals surface area contributed by atoms with E-state index < -0.39 is 11.7 Å². The molecule has 0 aromatic heterocycles. The van der Waals surface area contributed by atoms with Gasteiger partial charge in [-0.3, -0.25) is 14.4 Å². The highest BCUT2D eigenvalue weighted by Crippen LogP contribution is 2.38.